The first kappa shape index (κ1) is 11.9. The zero-order chi connectivity index (χ0) is 14.2. The minimum absolute atomic E-state index is 0.0396. The highest BCUT2D eigenvalue weighted by atomic mass is 32.2. The first-order chi connectivity index (χ1) is 9.50. The summed E-state index contributed by atoms with van der Waals surface area (Å²) in [5.74, 6) is -0.922. The summed E-state index contributed by atoms with van der Waals surface area (Å²) in [6, 6.07) is 4.76. The number of nitro groups is 1. The molecule has 0 aromatic heterocycles. The Kier molecular flexibility index (Phi) is 2.14. The minimum atomic E-state index is -0.428. The van der Waals surface area contributed by atoms with Gasteiger partial charge >= 0.3 is 0 Å². The third-order valence-corrected chi connectivity index (χ3v) is 6.14. The number of thioether (sulfide) groups is 1. The molecule has 2 bridgehead atoms. The molecule has 0 spiro atoms. The fourth-order valence-corrected chi connectivity index (χ4v) is 5.48. The van der Waals surface area contributed by atoms with Gasteiger partial charge in [-0.25, -0.2) is 0 Å². The summed E-state index contributed by atoms with van der Waals surface area (Å²) in [5, 5.41) is 10.7. The topological polar surface area (TPSA) is 80.5 Å². The number of benzene rings is 1. The number of nitro benzene ring substituents is 1. The van der Waals surface area contributed by atoms with E-state index in [1.165, 1.54) is 18.0 Å². The van der Waals surface area contributed by atoms with Crippen LogP contribution in [0.3, 0.4) is 0 Å². The molecule has 20 heavy (non-hydrogen) atoms. The molecule has 0 aliphatic carbocycles. The van der Waals surface area contributed by atoms with E-state index in [-0.39, 0.29) is 39.8 Å². The molecular formula is C13H10N2O4S. The zero-order valence-electron chi connectivity index (χ0n) is 10.5. The first-order valence-electron chi connectivity index (χ1n) is 6.26. The number of carbonyl (C=O) groups excluding carboxylic acids is 2. The monoisotopic (exact) mass is 290 g/mol. The Hall–Kier alpha value is -1.89. The average Bonchev–Trinajstić information content (AvgIpc) is 3.05. The maximum absolute atomic E-state index is 12.2. The molecule has 0 saturated carbocycles. The maximum atomic E-state index is 12.2. The number of fused-ring (bicyclic) bond motifs is 8. The van der Waals surface area contributed by atoms with Crippen LogP contribution in [-0.2, 0) is 9.59 Å². The van der Waals surface area contributed by atoms with Crippen molar-refractivity contribution < 1.29 is 14.5 Å². The standard InChI is InChI=1S/C13H10N2O4S/c1-14-12(16)8-9(13(14)17)11-7-4-5(15(18)19)2-3-6(7)10(8)20-11/h2-4,8-11H,1H3/t8-,9+,10-,11+/m0/s1. The molecule has 2 fully saturated rings. The van der Waals surface area contributed by atoms with Crippen molar-refractivity contribution in [3.05, 3.63) is 39.4 Å². The van der Waals surface area contributed by atoms with Crippen LogP contribution in [0.2, 0.25) is 0 Å². The second-order valence-corrected chi connectivity index (χ2v) is 6.62. The number of imide groups is 1. The number of carbonyl (C=O) groups is 2. The summed E-state index contributed by atoms with van der Waals surface area (Å²) in [6.07, 6.45) is 0. The summed E-state index contributed by atoms with van der Waals surface area (Å²) in [5.41, 5.74) is 1.87. The summed E-state index contributed by atoms with van der Waals surface area (Å²) in [7, 11) is 1.51. The molecule has 7 heteroatoms. The average molecular weight is 290 g/mol. The number of hydrogen-bond donors (Lipinski definition) is 0. The van der Waals surface area contributed by atoms with Crippen molar-refractivity contribution >= 4 is 29.3 Å². The maximum Gasteiger partial charge on any atom is 0.269 e. The van der Waals surface area contributed by atoms with E-state index in [1.807, 2.05) is 0 Å². The molecule has 4 atom stereocenters. The summed E-state index contributed by atoms with van der Waals surface area (Å²) in [4.78, 5) is 36.0. The number of likely N-dealkylation sites (tertiary alicyclic amines) is 1. The van der Waals surface area contributed by atoms with Crippen LogP contribution in [0.4, 0.5) is 5.69 Å². The Morgan fingerprint density at radius 2 is 1.75 bits per heavy atom. The van der Waals surface area contributed by atoms with Crippen LogP contribution in [0, 0.1) is 22.0 Å². The Morgan fingerprint density at radius 3 is 2.35 bits per heavy atom. The van der Waals surface area contributed by atoms with Gasteiger partial charge in [0.15, 0.2) is 0 Å². The van der Waals surface area contributed by atoms with Crippen molar-refractivity contribution in [1.82, 2.24) is 4.90 Å². The lowest BCUT2D eigenvalue weighted by molar-refractivity contribution is -0.384. The third kappa shape index (κ3) is 1.21. The SMILES string of the molecule is CN1C(=O)[C@@H]2[C@H](C1=O)[C@H]1S[C@@H]2c2cc([N+](=O)[O-])ccc21. The highest BCUT2D eigenvalue weighted by Crippen LogP contribution is 2.68. The number of nitrogens with zero attached hydrogens (tertiary/aromatic N) is 2. The fourth-order valence-electron chi connectivity index (χ4n) is 3.54. The quantitative estimate of drug-likeness (QED) is 0.446. The van der Waals surface area contributed by atoms with Crippen molar-refractivity contribution in [1.29, 1.82) is 0 Å². The highest BCUT2D eigenvalue weighted by molar-refractivity contribution is 8.00. The second-order valence-electron chi connectivity index (χ2n) is 5.33. The minimum Gasteiger partial charge on any atom is -0.285 e. The largest absolute Gasteiger partial charge is 0.285 e. The number of amides is 2. The van der Waals surface area contributed by atoms with Crippen LogP contribution in [0.5, 0.6) is 0 Å². The van der Waals surface area contributed by atoms with Gasteiger partial charge in [-0.2, -0.15) is 0 Å². The van der Waals surface area contributed by atoms with Gasteiger partial charge in [0.25, 0.3) is 5.69 Å². The van der Waals surface area contributed by atoms with Crippen molar-refractivity contribution in [3.63, 3.8) is 0 Å². The lowest BCUT2D eigenvalue weighted by Crippen LogP contribution is -2.27. The van der Waals surface area contributed by atoms with Crippen molar-refractivity contribution in [2.24, 2.45) is 11.8 Å². The molecule has 3 heterocycles. The Morgan fingerprint density at radius 1 is 1.15 bits per heavy atom. The van der Waals surface area contributed by atoms with E-state index in [0.717, 1.165) is 11.1 Å². The van der Waals surface area contributed by atoms with Gasteiger partial charge in [-0.05, 0) is 11.1 Å². The van der Waals surface area contributed by atoms with Crippen LogP contribution >= 0.6 is 11.8 Å². The normalized spacial score (nSPS) is 33.5. The molecule has 0 N–H and O–H groups in total. The van der Waals surface area contributed by atoms with E-state index in [0.29, 0.717) is 0 Å². The van der Waals surface area contributed by atoms with E-state index in [2.05, 4.69) is 0 Å². The van der Waals surface area contributed by atoms with Crippen LogP contribution in [0.15, 0.2) is 18.2 Å². The molecule has 4 rings (SSSR count). The first-order valence-corrected chi connectivity index (χ1v) is 7.20. The smallest absolute Gasteiger partial charge is 0.269 e. The van der Waals surface area contributed by atoms with Crippen LogP contribution in [0.25, 0.3) is 0 Å². The Bertz CT molecular complexity index is 689. The van der Waals surface area contributed by atoms with Crippen molar-refractivity contribution in [2.75, 3.05) is 7.05 Å². The van der Waals surface area contributed by atoms with Crippen LogP contribution < -0.4 is 0 Å². The van der Waals surface area contributed by atoms with Gasteiger partial charge in [-0.1, -0.05) is 6.07 Å². The van der Waals surface area contributed by atoms with Crippen molar-refractivity contribution in [2.45, 2.75) is 10.5 Å². The number of hydrogen-bond acceptors (Lipinski definition) is 5. The predicted octanol–water partition coefficient (Wildman–Crippen LogP) is 1.67. The van der Waals surface area contributed by atoms with Gasteiger partial charge in [-0.3, -0.25) is 24.6 Å². The van der Waals surface area contributed by atoms with Gasteiger partial charge in [-0.15, -0.1) is 11.8 Å². The molecule has 2 amide bonds. The molecule has 3 aliphatic rings. The Labute approximate surface area is 118 Å². The van der Waals surface area contributed by atoms with Crippen molar-refractivity contribution in [3.8, 4) is 0 Å². The van der Waals surface area contributed by atoms with E-state index in [1.54, 1.807) is 23.9 Å². The third-order valence-electron chi connectivity index (χ3n) is 4.46. The van der Waals surface area contributed by atoms with E-state index in [4.69, 9.17) is 0 Å². The highest BCUT2D eigenvalue weighted by Gasteiger charge is 2.63. The molecule has 1 aromatic carbocycles. The fraction of sp³-hybridized carbons (Fsp3) is 0.385. The van der Waals surface area contributed by atoms with E-state index >= 15 is 0 Å². The molecule has 6 nitrogen and oxygen atoms in total. The molecule has 1 aromatic rings. The predicted molar refractivity (Wildman–Crippen MR) is 70.9 cm³/mol. The van der Waals surface area contributed by atoms with Gasteiger partial charge in [0, 0.05) is 29.7 Å². The Balaban J connectivity index is 1.85. The second kappa shape index (κ2) is 3.60. The molecule has 102 valence electrons. The molecule has 3 aliphatic heterocycles. The molecule has 0 unspecified atom stereocenters. The van der Waals surface area contributed by atoms with Gasteiger partial charge in [0.1, 0.15) is 0 Å². The number of rotatable bonds is 1. The molecule has 2 saturated heterocycles. The van der Waals surface area contributed by atoms with Gasteiger partial charge in [0.05, 0.1) is 16.8 Å². The van der Waals surface area contributed by atoms with Gasteiger partial charge in [0.2, 0.25) is 11.8 Å². The van der Waals surface area contributed by atoms with Gasteiger partial charge < -0.3 is 0 Å². The lowest BCUT2D eigenvalue weighted by atomic mass is 9.77. The van der Waals surface area contributed by atoms with E-state index < -0.39 is 4.92 Å². The van der Waals surface area contributed by atoms with Crippen LogP contribution in [-0.4, -0.2) is 28.7 Å². The number of non-ortho nitro benzene ring substituents is 1. The zero-order valence-corrected chi connectivity index (χ0v) is 11.3. The summed E-state index contributed by atoms with van der Waals surface area (Å²) in [6.45, 7) is 0. The van der Waals surface area contributed by atoms with E-state index in [9.17, 15) is 19.7 Å². The van der Waals surface area contributed by atoms with Crippen LogP contribution in [0.1, 0.15) is 21.6 Å². The summed E-state index contributed by atoms with van der Waals surface area (Å²) < 4.78 is 0. The lowest BCUT2D eigenvalue weighted by Gasteiger charge is -2.21. The molecular weight excluding hydrogens is 280 g/mol. The summed E-state index contributed by atoms with van der Waals surface area (Å²) >= 11 is 1.59. The molecule has 0 radical (unpaired) electrons.